The Hall–Kier alpha value is -0.873. The normalized spacial score (nSPS) is 24.5. The third-order valence-corrected chi connectivity index (χ3v) is 10.3. The summed E-state index contributed by atoms with van der Waals surface area (Å²) >= 11 is 0. The number of carbonyl (C=O) groups excluding carboxylic acids is 1. The van der Waals surface area contributed by atoms with E-state index < -0.39 is 8.32 Å². The fraction of sp³-hybridized carbons (Fsp3) is 0.762. The molecular weight excluding hydrogens is 328 g/mol. The van der Waals surface area contributed by atoms with Crippen molar-refractivity contribution in [2.75, 3.05) is 6.61 Å². The molecule has 0 unspecified atom stereocenters. The van der Waals surface area contributed by atoms with Gasteiger partial charge in [-0.25, -0.2) is 0 Å². The van der Waals surface area contributed by atoms with Gasteiger partial charge in [-0.1, -0.05) is 48.1 Å². The zero-order valence-corrected chi connectivity index (χ0v) is 18.8. The van der Waals surface area contributed by atoms with Gasteiger partial charge < -0.3 is 9.16 Å². The van der Waals surface area contributed by atoms with Gasteiger partial charge in [0.25, 0.3) is 0 Å². The van der Waals surface area contributed by atoms with E-state index in [0.29, 0.717) is 12.5 Å². The molecule has 0 aromatic rings. The van der Waals surface area contributed by atoms with Gasteiger partial charge in [0.15, 0.2) is 8.32 Å². The van der Waals surface area contributed by atoms with Crippen LogP contribution in [0, 0.1) is 11.3 Å². The van der Waals surface area contributed by atoms with E-state index in [1.807, 2.05) is 6.08 Å². The summed E-state index contributed by atoms with van der Waals surface area (Å²) in [6, 6.07) is 0. The number of hydrogen-bond acceptors (Lipinski definition) is 3. The molecule has 0 radical (unpaired) electrons. The van der Waals surface area contributed by atoms with Crippen LogP contribution in [0.5, 0.6) is 0 Å². The molecule has 1 fully saturated rings. The highest BCUT2D eigenvalue weighted by molar-refractivity contribution is 6.74. The van der Waals surface area contributed by atoms with Gasteiger partial charge in [0.05, 0.1) is 6.10 Å². The summed E-state index contributed by atoms with van der Waals surface area (Å²) in [5, 5.41) is 0.170. The summed E-state index contributed by atoms with van der Waals surface area (Å²) < 4.78 is 11.8. The van der Waals surface area contributed by atoms with E-state index in [2.05, 4.69) is 61.2 Å². The molecule has 1 aliphatic carbocycles. The summed E-state index contributed by atoms with van der Waals surface area (Å²) in [6.45, 7) is 24.4. The quantitative estimate of drug-likeness (QED) is 0.460. The van der Waals surface area contributed by atoms with Crippen LogP contribution in [0.1, 0.15) is 61.3 Å². The minimum atomic E-state index is -1.87. The molecule has 3 nitrogen and oxygen atoms in total. The average molecular weight is 367 g/mol. The second-order valence-corrected chi connectivity index (χ2v) is 14.7. The van der Waals surface area contributed by atoms with Crippen molar-refractivity contribution in [3.63, 3.8) is 0 Å². The first-order valence-corrected chi connectivity index (χ1v) is 12.3. The Morgan fingerprint density at radius 1 is 1.24 bits per heavy atom. The van der Waals surface area contributed by atoms with Gasteiger partial charge in [-0.3, -0.25) is 4.79 Å². The SMILES string of the molecule is C=C1/C(=C\COC(C)=O)C[C@H](C(C)(C)C)C[C@@H]1O[Si](C)(C)C(C)(C)C. The largest absolute Gasteiger partial charge is 0.462 e. The fourth-order valence-electron chi connectivity index (χ4n) is 2.87. The van der Waals surface area contributed by atoms with E-state index in [1.165, 1.54) is 12.5 Å². The van der Waals surface area contributed by atoms with Crippen LogP contribution in [-0.2, 0) is 14.0 Å². The number of rotatable bonds is 4. The maximum absolute atomic E-state index is 11.1. The van der Waals surface area contributed by atoms with Crippen LogP contribution in [0.3, 0.4) is 0 Å². The Bertz CT molecular complexity index is 532. The monoisotopic (exact) mass is 366 g/mol. The molecule has 1 rings (SSSR count). The molecule has 0 N–H and O–H groups in total. The molecule has 0 aromatic heterocycles. The molecule has 0 saturated heterocycles. The van der Waals surface area contributed by atoms with Crippen molar-refractivity contribution in [2.45, 2.75) is 85.5 Å². The topological polar surface area (TPSA) is 35.5 Å². The second kappa shape index (κ2) is 7.79. The smallest absolute Gasteiger partial charge is 0.302 e. The first-order chi connectivity index (χ1) is 11.1. The minimum absolute atomic E-state index is 0.0578. The van der Waals surface area contributed by atoms with Gasteiger partial charge in [0.1, 0.15) is 6.61 Å². The summed E-state index contributed by atoms with van der Waals surface area (Å²) in [5.74, 6) is 0.274. The van der Waals surface area contributed by atoms with E-state index in [9.17, 15) is 4.79 Å². The highest BCUT2D eigenvalue weighted by atomic mass is 28.4. The predicted octanol–water partition coefficient (Wildman–Crippen LogP) is 5.88. The zero-order chi connectivity index (χ0) is 19.6. The Morgan fingerprint density at radius 2 is 1.80 bits per heavy atom. The van der Waals surface area contributed by atoms with Crippen LogP contribution in [0.4, 0.5) is 0 Å². The van der Waals surface area contributed by atoms with Crippen molar-refractivity contribution in [1.29, 1.82) is 0 Å². The maximum Gasteiger partial charge on any atom is 0.302 e. The summed E-state index contributed by atoms with van der Waals surface area (Å²) in [4.78, 5) is 11.1. The number of ether oxygens (including phenoxy) is 1. The first-order valence-electron chi connectivity index (χ1n) is 9.34. The standard InChI is InChI=1S/C21H38O3Si/c1-15-17(11-12-23-16(2)22)13-18(20(3,4)5)14-19(15)24-25(9,10)21(6,7)8/h11,18-19H,1,12-14H2,2-10H3/b17-11-/t18-,19-/m0/s1. The van der Waals surface area contributed by atoms with Gasteiger partial charge >= 0.3 is 5.97 Å². The fourth-order valence-corrected chi connectivity index (χ4v) is 4.18. The molecule has 0 aliphatic heterocycles. The lowest BCUT2D eigenvalue weighted by molar-refractivity contribution is -0.139. The number of hydrogen-bond donors (Lipinski definition) is 0. The van der Waals surface area contributed by atoms with Crippen molar-refractivity contribution >= 4 is 14.3 Å². The molecule has 1 saturated carbocycles. The lowest BCUT2D eigenvalue weighted by atomic mass is 9.69. The molecule has 0 aromatic carbocycles. The van der Waals surface area contributed by atoms with Gasteiger partial charge in [-0.15, -0.1) is 0 Å². The zero-order valence-electron chi connectivity index (χ0n) is 17.8. The van der Waals surface area contributed by atoms with Crippen LogP contribution in [0.25, 0.3) is 0 Å². The number of carbonyl (C=O) groups is 1. The van der Waals surface area contributed by atoms with Crippen LogP contribution in [0.2, 0.25) is 18.1 Å². The molecule has 0 spiro atoms. The molecule has 25 heavy (non-hydrogen) atoms. The van der Waals surface area contributed by atoms with Gasteiger partial charge in [-0.2, -0.15) is 0 Å². The average Bonchev–Trinajstić information content (AvgIpc) is 2.39. The Labute approximate surface area is 156 Å². The van der Waals surface area contributed by atoms with Gasteiger partial charge in [0, 0.05) is 6.92 Å². The first kappa shape index (κ1) is 22.2. The number of esters is 1. The third-order valence-electron chi connectivity index (χ3n) is 5.85. The van der Waals surface area contributed by atoms with E-state index in [4.69, 9.17) is 9.16 Å². The highest BCUT2D eigenvalue weighted by Gasteiger charge is 2.43. The lowest BCUT2D eigenvalue weighted by Gasteiger charge is -2.45. The summed E-state index contributed by atoms with van der Waals surface area (Å²) in [6.07, 6.45) is 4.06. The van der Waals surface area contributed by atoms with Crippen LogP contribution >= 0.6 is 0 Å². The van der Waals surface area contributed by atoms with Gasteiger partial charge in [-0.05, 0) is 59.5 Å². The molecule has 0 amide bonds. The Kier molecular flexibility index (Phi) is 6.91. The Balaban J connectivity index is 3.06. The van der Waals surface area contributed by atoms with E-state index in [0.717, 1.165) is 18.4 Å². The predicted molar refractivity (Wildman–Crippen MR) is 108 cm³/mol. The molecule has 2 atom stereocenters. The van der Waals surface area contributed by atoms with Crippen LogP contribution < -0.4 is 0 Å². The van der Waals surface area contributed by atoms with Gasteiger partial charge in [0.2, 0.25) is 0 Å². The molecule has 4 heteroatoms. The summed E-state index contributed by atoms with van der Waals surface area (Å²) in [5.41, 5.74) is 2.46. The maximum atomic E-state index is 11.1. The molecule has 144 valence electrons. The van der Waals surface area contributed by atoms with E-state index in [-0.39, 0.29) is 22.5 Å². The molecule has 0 bridgehead atoms. The van der Waals surface area contributed by atoms with E-state index in [1.54, 1.807) is 0 Å². The molecular formula is C21H38O3Si. The second-order valence-electron chi connectivity index (χ2n) is 9.93. The third kappa shape index (κ3) is 6.10. The summed E-state index contributed by atoms with van der Waals surface area (Å²) in [7, 11) is -1.87. The van der Waals surface area contributed by atoms with Crippen molar-refractivity contribution in [2.24, 2.45) is 11.3 Å². The lowest BCUT2D eigenvalue weighted by Crippen LogP contribution is -2.46. The Morgan fingerprint density at radius 3 is 2.24 bits per heavy atom. The van der Waals surface area contributed by atoms with E-state index >= 15 is 0 Å². The van der Waals surface area contributed by atoms with Crippen molar-refractivity contribution in [1.82, 2.24) is 0 Å². The molecule has 0 heterocycles. The van der Waals surface area contributed by atoms with Crippen molar-refractivity contribution < 1.29 is 14.0 Å². The van der Waals surface area contributed by atoms with Crippen LogP contribution in [-0.4, -0.2) is 27.0 Å². The molecule has 1 aliphatic rings. The minimum Gasteiger partial charge on any atom is -0.462 e. The van der Waals surface area contributed by atoms with Crippen LogP contribution in [0.15, 0.2) is 23.8 Å². The highest BCUT2D eigenvalue weighted by Crippen LogP contribution is 2.46. The van der Waals surface area contributed by atoms with Crippen molar-refractivity contribution in [3.05, 3.63) is 23.8 Å². The van der Waals surface area contributed by atoms with Crippen molar-refractivity contribution in [3.8, 4) is 0 Å².